The van der Waals surface area contributed by atoms with Crippen molar-refractivity contribution >= 4 is 22.4 Å². The zero-order valence-electron chi connectivity index (χ0n) is 18.4. The molecule has 3 aromatic carbocycles. The van der Waals surface area contributed by atoms with E-state index in [1.807, 2.05) is 36.4 Å². The van der Waals surface area contributed by atoms with Crippen LogP contribution >= 0.6 is 11.6 Å². The summed E-state index contributed by atoms with van der Waals surface area (Å²) in [5.41, 5.74) is 3.35. The van der Waals surface area contributed by atoms with Gasteiger partial charge in [-0.15, -0.1) is 0 Å². The standard InChI is InChI=1S/C29H32ClF/c1-2-3-4-5-21-6-11-23(12-7-21)25-16-19-28-26(20-25)15-14-24(29(28)31)13-8-22-9-17-27(30)18-10-22/h2-3,9-10,14-21,23H,4-8,11-13H2,1H3/b3-2+. The van der Waals surface area contributed by atoms with Gasteiger partial charge in [-0.2, -0.15) is 0 Å². The quantitative estimate of drug-likeness (QED) is 0.325. The van der Waals surface area contributed by atoms with E-state index in [9.17, 15) is 0 Å². The first-order valence-electron chi connectivity index (χ1n) is 11.7. The van der Waals surface area contributed by atoms with Crippen molar-refractivity contribution in [2.75, 3.05) is 0 Å². The second kappa shape index (κ2) is 10.5. The Morgan fingerprint density at radius 3 is 2.45 bits per heavy atom. The topological polar surface area (TPSA) is 0 Å². The van der Waals surface area contributed by atoms with E-state index >= 15 is 4.39 Å². The number of aryl methyl sites for hydroxylation is 2. The first-order chi connectivity index (χ1) is 15.1. The normalized spacial score (nSPS) is 19.3. The molecule has 2 heteroatoms. The van der Waals surface area contributed by atoms with Gasteiger partial charge in [-0.05, 0) is 104 Å². The molecule has 0 spiro atoms. The fourth-order valence-electron chi connectivity index (χ4n) is 5.02. The van der Waals surface area contributed by atoms with Crippen LogP contribution in [0.2, 0.25) is 5.02 Å². The third kappa shape index (κ3) is 5.57. The van der Waals surface area contributed by atoms with Crippen LogP contribution in [0.1, 0.15) is 68.1 Å². The van der Waals surface area contributed by atoms with E-state index in [0.717, 1.165) is 33.7 Å². The largest absolute Gasteiger partial charge is 0.206 e. The van der Waals surface area contributed by atoms with Crippen LogP contribution in [0.5, 0.6) is 0 Å². The molecule has 1 aliphatic rings. The van der Waals surface area contributed by atoms with Crippen molar-refractivity contribution in [2.24, 2.45) is 5.92 Å². The van der Waals surface area contributed by atoms with Crippen LogP contribution in [0.25, 0.3) is 10.8 Å². The van der Waals surface area contributed by atoms with E-state index in [4.69, 9.17) is 11.6 Å². The summed E-state index contributed by atoms with van der Waals surface area (Å²) in [5, 5.41) is 2.51. The molecular formula is C29H32ClF. The Morgan fingerprint density at radius 2 is 1.71 bits per heavy atom. The van der Waals surface area contributed by atoms with E-state index < -0.39 is 0 Å². The van der Waals surface area contributed by atoms with Gasteiger partial charge in [0.05, 0.1) is 0 Å². The Morgan fingerprint density at radius 1 is 0.935 bits per heavy atom. The maximum absolute atomic E-state index is 15.2. The first-order valence-corrected chi connectivity index (χ1v) is 12.1. The number of allylic oxidation sites excluding steroid dienone is 2. The molecule has 1 saturated carbocycles. The van der Waals surface area contributed by atoms with E-state index in [1.165, 1.54) is 49.7 Å². The third-order valence-corrected chi connectivity index (χ3v) is 7.20. The van der Waals surface area contributed by atoms with Gasteiger partial charge < -0.3 is 0 Å². The first kappa shape index (κ1) is 22.1. The smallest absolute Gasteiger partial charge is 0.134 e. The fraction of sp³-hybridized carbons (Fsp3) is 0.379. The van der Waals surface area contributed by atoms with Gasteiger partial charge in [0.25, 0.3) is 0 Å². The molecule has 0 saturated heterocycles. The lowest BCUT2D eigenvalue weighted by Gasteiger charge is -2.29. The third-order valence-electron chi connectivity index (χ3n) is 6.95. The zero-order valence-corrected chi connectivity index (χ0v) is 19.2. The summed E-state index contributed by atoms with van der Waals surface area (Å²) >= 11 is 5.96. The molecule has 1 fully saturated rings. The molecule has 0 aliphatic heterocycles. The average Bonchev–Trinajstić information content (AvgIpc) is 2.80. The van der Waals surface area contributed by atoms with Crippen LogP contribution < -0.4 is 0 Å². The highest BCUT2D eigenvalue weighted by Gasteiger charge is 2.22. The Hall–Kier alpha value is -2.12. The fourth-order valence-corrected chi connectivity index (χ4v) is 5.14. The number of fused-ring (bicyclic) bond motifs is 1. The Labute approximate surface area is 191 Å². The van der Waals surface area contributed by atoms with Crippen LogP contribution in [0.4, 0.5) is 4.39 Å². The number of hydrogen-bond acceptors (Lipinski definition) is 0. The van der Waals surface area contributed by atoms with E-state index in [0.29, 0.717) is 12.3 Å². The van der Waals surface area contributed by atoms with Crippen LogP contribution in [-0.2, 0) is 12.8 Å². The molecule has 1 aliphatic carbocycles. The molecule has 0 bridgehead atoms. The minimum atomic E-state index is -0.0642. The van der Waals surface area contributed by atoms with Gasteiger partial charge in [-0.1, -0.05) is 66.2 Å². The molecule has 0 radical (unpaired) electrons. The number of halogens is 2. The number of rotatable bonds is 7. The monoisotopic (exact) mass is 434 g/mol. The van der Waals surface area contributed by atoms with E-state index in [2.05, 4.69) is 37.3 Å². The van der Waals surface area contributed by atoms with Crippen molar-refractivity contribution in [3.05, 3.63) is 94.3 Å². The van der Waals surface area contributed by atoms with Crippen molar-refractivity contribution < 1.29 is 4.39 Å². The molecule has 0 atom stereocenters. The molecule has 3 aromatic rings. The van der Waals surface area contributed by atoms with Crippen LogP contribution in [0.15, 0.2) is 66.7 Å². The summed E-state index contributed by atoms with van der Waals surface area (Å²) in [4.78, 5) is 0. The maximum Gasteiger partial charge on any atom is 0.134 e. The highest BCUT2D eigenvalue weighted by molar-refractivity contribution is 6.30. The van der Waals surface area contributed by atoms with Gasteiger partial charge in [0, 0.05) is 10.4 Å². The van der Waals surface area contributed by atoms with Crippen LogP contribution in [0, 0.1) is 11.7 Å². The van der Waals surface area contributed by atoms with E-state index in [-0.39, 0.29) is 5.82 Å². The molecular weight excluding hydrogens is 403 g/mol. The maximum atomic E-state index is 15.2. The molecule has 0 heterocycles. The van der Waals surface area contributed by atoms with Gasteiger partial charge in [0.1, 0.15) is 5.82 Å². The van der Waals surface area contributed by atoms with Crippen molar-refractivity contribution in [3.63, 3.8) is 0 Å². The summed E-state index contributed by atoms with van der Waals surface area (Å²) in [6, 6.07) is 18.3. The number of benzene rings is 3. The van der Waals surface area contributed by atoms with Gasteiger partial charge in [0.15, 0.2) is 0 Å². The second-order valence-electron chi connectivity index (χ2n) is 9.01. The Balaban J connectivity index is 1.42. The van der Waals surface area contributed by atoms with Crippen LogP contribution in [0.3, 0.4) is 0 Å². The molecule has 0 aromatic heterocycles. The second-order valence-corrected chi connectivity index (χ2v) is 9.45. The van der Waals surface area contributed by atoms with Crippen molar-refractivity contribution in [1.82, 2.24) is 0 Å². The lowest BCUT2D eigenvalue weighted by Crippen LogP contribution is -2.13. The lowest BCUT2D eigenvalue weighted by molar-refractivity contribution is 0.312. The summed E-state index contributed by atoms with van der Waals surface area (Å²) in [5.74, 6) is 1.43. The molecule has 4 rings (SSSR count). The molecule has 31 heavy (non-hydrogen) atoms. The lowest BCUT2D eigenvalue weighted by atomic mass is 9.77. The van der Waals surface area contributed by atoms with Crippen LogP contribution in [-0.4, -0.2) is 0 Å². The number of hydrogen-bond donors (Lipinski definition) is 0. The van der Waals surface area contributed by atoms with Gasteiger partial charge >= 0.3 is 0 Å². The van der Waals surface area contributed by atoms with Crippen molar-refractivity contribution in [3.8, 4) is 0 Å². The molecule has 0 amide bonds. The predicted molar refractivity (Wildman–Crippen MR) is 132 cm³/mol. The zero-order chi connectivity index (χ0) is 21.6. The van der Waals surface area contributed by atoms with Crippen molar-refractivity contribution in [1.29, 1.82) is 0 Å². The molecule has 0 nitrogen and oxygen atoms in total. The minimum Gasteiger partial charge on any atom is -0.206 e. The Bertz CT molecular complexity index is 1030. The minimum absolute atomic E-state index is 0.0642. The predicted octanol–water partition coefficient (Wildman–Crippen LogP) is 9.05. The SMILES string of the molecule is C/C=C/CCC1CCC(c2ccc3c(F)c(CCc4ccc(Cl)cc4)ccc3c2)CC1. The van der Waals surface area contributed by atoms with E-state index in [1.54, 1.807) is 0 Å². The molecule has 162 valence electrons. The van der Waals surface area contributed by atoms with Gasteiger partial charge in [0.2, 0.25) is 0 Å². The highest BCUT2D eigenvalue weighted by Crippen LogP contribution is 2.38. The highest BCUT2D eigenvalue weighted by atomic mass is 35.5. The summed E-state index contributed by atoms with van der Waals surface area (Å²) in [7, 11) is 0. The average molecular weight is 435 g/mol. The molecule has 0 unspecified atom stereocenters. The summed E-state index contributed by atoms with van der Waals surface area (Å²) in [6.45, 7) is 2.10. The molecule has 0 N–H and O–H groups in total. The van der Waals surface area contributed by atoms with Crippen molar-refractivity contribution in [2.45, 2.75) is 64.2 Å². The summed E-state index contributed by atoms with van der Waals surface area (Å²) in [6.07, 6.45) is 13.6. The Kier molecular flexibility index (Phi) is 7.45. The summed E-state index contributed by atoms with van der Waals surface area (Å²) < 4.78 is 15.2. The van der Waals surface area contributed by atoms with Gasteiger partial charge in [-0.25, -0.2) is 4.39 Å². The van der Waals surface area contributed by atoms with Gasteiger partial charge in [-0.3, -0.25) is 0 Å².